The van der Waals surface area contributed by atoms with E-state index in [0.29, 0.717) is 23.7 Å². The molecule has 3 rings (SSSR count). The van der Waals surface area contributed by atoms with Gasteiger partial charge >= 0.3 is 0 Å². The highest BCUT2D eigenvalue weighted by atomic mass is 16.3. The van der Waals surface area contributed by atoms with Crippen molar-refractivity contribution in [1.82, 2.24) is 15.5 Å². The molecule has 3 aromatic rings. The highest BCUT2D eigenvalue weighted by Crippen LogP contribution is 2.17. The van der Waals surface area contributed by atoms with Crippen LogP contribution in [0.4, 0.5) is 0 Å². The van der Waals surface area contributed by atoms with Crippen molar-refractivity contribution < 1.29 is 9.21 Å². The Labute approximate surface area is 122 Å². The smallest absolute Gasteiger partial charge is 0.272 e. The first kappa shape index (κ1) is 13.2. The number of hydrogen-bond acceptors (Lipinski definition) is 3. The van der Waals surface area contributed by atoms with Crippen LogP contribution in [0.25, 0.3) is 11.5 Å². The van der Waals surface area contributed by atoms with Gasteiger partial charge in [-0.25, -0.2) is 0 Å². The average molecular weight is 281 g/mol. The second kappa shape index (κ2) is 5.66. The molecule has 0 saturated carbocycles. The van der Waals surface area contributed by atoms with Crippen LogP contribution in [-0.2, 0) is 6.54 Å². The predicted octanol–water partition coefficient (Wildman–Crippen LogP) is 2.91. The number of H-pyrrole nitrogens is 1. The van der Waals surface area contributed by atoms with E-state index in [4.69, 9.17) is 4.42 Å². The van der Waals surface area contributed by atoms with Crippen LogP contribution >= 0.6 is 0 Å². The Morgan fingerprint density at radius 2 is 2.10 bits per heavy atom. The van der Waals surface area contributed by atoms with Crippen molar-refractivity contribution in [2.24, 2.45) is 0 Å². The summed E-state index contributed by atoms with van der Waals surface area (Å²) in [5.41, 5.74) is 3.27. The molecule has 0 saturated heterocycles. The van der Waals surface area contributed by atoms with Crippen LogP contribution in [0.1, 0.15) is 21.6 Å². The Morgan fingerprint density at radius 1 is 1.29 bits per heavy atom. The lowest BCUT2D eigenvalue weighted by Crippen LogP contribution is -2.23. The lowest BCUT2D eigenvalue weighted by molar-refractivity contribution is 0.0946. The Hall–Kier alpha value is -2.82. The van der Waals surface area contributed by atoms with Gasteiger partial charge in [-0.15, -0.1) is 0 Å². The van der Waals surface area contributed by atoms with Gasteiger partial charge in [-0.1, -0.05) is 29.8 Å². The number of nitrogens with zero attached hydrogens (tertiary/aromatic N) is 1. The third-order valence-electron chi connectivity index (χ3n) is 3.17. The maximum atomic E-state index is 12.0. The van der Waals surface area contributed by atoms with Gasteiger partial charge in [0.15, 0.2) is 11.5 Å². The normalized spacial score (nSPS) is 10.5. The number of hydrogen-bond donors (Lipinski definition) is 2. The second-order valence-corrected chi connectivity index (χ2v) is 4.81. The fourth-order valence-electron chi connectivity index (χ4n) is 1.97. The summed E-state index contributed by atoms with van der Waals surface area (Å²) in [5.74, 6) is 0.435. The van der Waals surface area contributed by atoms with Crippen molar-refractivity contribution in [3.63, 3.8) is 0 Å². The molecule has 0 aliphatic heterocycles. The summed E-state index contributed by atoms with van der Waals surface area (Å²) in [6.07, 6.45) is 1.58. The SMILES string of the molecule is Cc1ccc(CNC(=O)c2cc(-c3ccco3)[nH]n2)cc1. The fourth-order valence-corrected chi connectivity index (χ4v) is 1.97. The van der Waals surface area contributed by atoms with E-state index >= 15 is 0 Å². The summed E-state index contributed by atoms with van der Waals surface area (Å²) < 4.78 is 5.25. The zero-order chi connectivity index (χ0) is 14.7. The first-order valence-electron chi connectivity index (χ1n) is 6.65. The molecule has 0 bridgehead atoms. The standard InChI is InChI=1S/C16H15N3O2/c1-11-4-6-12(7-5-11)10-17-16(20)14-9-13(18-19-14)15-3-2-8-21-15/h2-9H,10H2,1H3,(H,17,20)(H,18,19). The quantitative estimate of drug-likeness (QED) is 0.772. The number of nitrogens with one attached hydrogen (secondary N) is 2. The van der Waals surface area contributed by atoms with E-state index < -0.39 is 0 Å². The molecule has 2 heterocycles. The van der Waals surface area contributed by atoms with Crippen LogP contribution in [-0.4, -0.2) is 16.1 Å². The molecule has 2 N–H and O–H groups in total. The minimum atomic E-state index is -0.218. The molecule has 1 amide bonds. The predicted molar refractivity (Wildman–Crippen MR) is 78.6 cm³/mol. The van der Waals surface area contributed by atoms with Crippen LogP contribution in [0.2, 0.25) is 0 Å². The van der Waals surface area contributed by atoms with Crippen LogP contribution in [0.3, 0.4) is 0 Å². The molecule has 0 fully saturated rings. The molecule has 106 valence electrons. The molecular weight excluding hydrogens is 266 g/mol. The Bertz CT molecular complexity index is 727. The number of aryl methyl sites for hydroxylation is 1. The van der Waals surface area contributed by atoms with Crippen molar-refractivity contribution in [1.29, 1.82) is 0 Å². The van der Waals surface area contributed by atoms with E-state index in [-0.39, 0.29) is 5.91 Å². The van der Waals surface area contributed by atoms with Crippen molar-refractivity contribution in [2.45, 2.75) is 13.5 Å². The molecule has 0 spiro atoms. The topological polar surface area (TPSA) is 70.9 Å². The summed E-state index contributed by atoms with van der Waals surface area (Å²) in [7, 11) is 0. The third kappa shape index (κ3) is 3.02. The second-order valence-electron chi connectivity index (χ2n) is 4.81. The van der Waals surface area contributed by atoms with Gasteiger partial charge in [0.2, 0.25) is 0 Å². The van der Waals surface area contributed by atoms with Crippen LogP contribution < -0.4 is 5.32 Å². The summed E-state index contributed by atoms with van der Waals surface area (Å²) in [4.78, 5) is 12.0. The van der Waals surface area contributed by atoms with Crippen LogP contribution in [0, 0.1) is 6.92 Å². The Morgan fingerprint density at radius 3 is 2.81 bits per heavy atom. The lowest BCUT2D eigenvalue weighted by Gasteiger charge is -2.03. The minimum absolute atomic E-state index is 0.218. The van der Waals surface area contributed by atoms with Gasteiger partial charge in [0.1, 0.15) is 5.69 Å². The molecule has 0 aliphatic carbocycles. The maximum Gasteiger partial charge on any atom is 0.272 e. The Balaban J connectivity index is 1.64. The minimum Gasteiger partial charge on any atom is -0.463 e. The van der Waals surface area contributed by atoms with Crippen molar-refractivity contribution in [3.05, 3.63) is 65.5 Å². The number of furan rings is 1. The Kier molecular flexibility index (Phi) is 3.55. The molecule has 0 unspecified atom stereocenters. The highest BCUT2D eigenvalue weighted by molar-refractivity contribution is 5.93. The number of amides is 1. The van der Waals surface area contributed by atoms with Crippen LogP contribution in [0.5, 0.6) is 0 Å². The van der Waals surface area contributed by atoms with Gasteiger partial charge in [0.25, 0.3) is 5.91 Å². The number of carbonyl (C=O) groups is 1. The summed E-state index contributed by atoms with van der Waals surface area (Å²) >= 11 is 0. The van der Waals surface area contributed by atoms with Gasteiger partial charge in [-0.2, -0.15) is 5.10 Å². The van der Waals surface area contributed by atoms with Crippen molar-refractivity contribution in [3.8, 4) is 11.5 Å². The number of benzene rings is 1. The van der Waals surface area contributed by atoms with E-state index in [0.717, 1.165) is 5.56 Å². The van der Waals surface area contributed by atoms with Crippen LogP contribution in [0.15, 0.2) is 53.1 Å². The zero-order valence-electron chi connectivity index (χ0n) is 11.6. The van der Waals surface area contributed by atoms with Gasteiger partial charge in [0.05, 0.1) is 6.26 Å². The number of aromatic nitrogens is 2. The van der Waals surface area contributed by atoms with E-state index in [9.17, 15) is 4.79 Å². The largest absolute Gasteiger partial charge is 0.463 e. The number of carbonyl (C=O) groups excluding carboxylic acids is 1. The molecule has 0 atom stereocenters. The molecular formula is C16H15N3O2. The third-order valence-corrected chi connectivity index (χ3v) is 3.17. The maximum absolute atomic E-state index is 12.0. The lowest BCUT2D eigenvalue weighted by atomic mass is 10.1. The van der Waals surface area contributed by atoms with E-state index in [1.54, 1.807) is 18.4 Å². The first-order valence-corrected chi connectivity index (χ1v) is 6.65. The van der Waals surface area contributed by atoms with Crippen molar-refractivity contribution >= 4 is 5.91 Å². The molecule has 2 aromatic heterocycles. The monoisotopic (exact) mass is 281 g/mol. The van der Waals surface area contributed by atoms with E-state index in [1.807, 2.05) is 37.3 Å². The van der Waals surface area contributed by atoms with E-state index in [1.165, 1.54) is 5.56 Å². The average Bonchev–Trinajstić information content (AvgIpc) is 3.17. The van der Waals surface area contributed by atoms with Gasteiger partial charge in [0, 0.05) is 12.6 Å². The molecule has 0 aliphatic rings. The molecule has 1 aromatic carbocycles. The summed E-state index contributed by atoms with van der Waals surface area (Å²) in [6.45, 7) is 2.50. The number of aromatic amines is 1. The fraction of sp³-hybridized carbons (Fsp3) is 0.125. The van der Waals surface area contributed by atoms with E-state index in [2.05, 4.69) is 15.5 Å². The zero-order valence-corrected chi connectivity index (χ0v) is 11.6. The van der Waals surface area contributed by atoms with Gasteiger partial charge < -0.3 is 9.73 Å². The summed E-state index contributed by atoms with van der Waals surface area (Å²) in [5, 5.41) is 9.63. The van der Waals surface area contributed by atoms with Gasteiger partial charge in [-0.3, -0.25) is 9.89 Å². The number of rotatable bonds is 4. The highest BCUT2D eigenvalue weighted by Gasteiger charge is 2.12. The van der Waals surface area contributed by atoms with Gasteiger partial charge in [-0.05, 0) is 24.6 Å². The molecule has 5 nitrogen and oxygen atoms in total. The summed E-state index contributed by atoms with van der Waals surface area (Å²) in [6, 6.07) is 13.3. The molecule has 5 heteroatoms. The van der Waals surface area contributed by atoms with Crippen molar-refractivity contribution in [2.75, 3.05) is 0 Å². The molecule has 21 heavy (non-hydrogen) atoms. The first-order chi connectivity index (χ1) is 10.2. The molecule has 0 radical (unpaired) electrons.